The van der Waals surface area contributed by atoms with Crippen LogP contribution >= 0.6 is 0 Å². The smallest absolute Gasteiger partial charge is 0.339 e. The molecule has 0 saturated heterocycles. The van der Waals surface area contributed by atoms with Crippen LogP contribution in [0.1, 0.15) is 62.1 Å². The van der Waals surface area contributed by atoms with Crippen molar-refractivity contribution in [3.63, 3.8) is 0 Å². The average Bonchev–Trinajstić information content (AvgIpc) is 2.93. The first-order valence-corrected chi connectivity index (χ1v) is 11.1. The summed E-state index contributed by atoms with van der Waals surface area (Å²) >= 11 is 0. The zero-order valence-electron chi connectivity index (χ0n) is 19.9. The number of carbonyl (C=O) groups excluding carboxylic acids is 3. The molecule has 0 heterocycles. The molecule has 12 nitrogen and oxygen atoms in total. The van der Waals surface area contributed by atoms with E-state index in [4.69, 9.17) is 14.2 Å². The Labute approximate surface area is 220 Å². The molecular formula is C27H20O12. The number of hydrogen-bond donors (Lipinski definition) is 3. The molecule has 0 fully saturated rings. The van der Waals surface area contributed by atoms with E-state index in [1.807, 2.05) is 0 Å². The van der Waals surface area contributed by atoms with E-state index in [9.17, 15) is 44.1 Å². The fourth-order valence-corrected chi connectivity index (χ4v) is 3.37. The molecule has 200 valence electrons. The molecule has 3 N–H and O–H groups in total. The van der Waals surface area contributed by atoms with E-state index < -0.39 is 55.1 Å². The second kappa shape index (κ2) is 12.6. The molecule has 0 aliphatic heterocycles. The SMILES string of the molecule is O=C(O)c1ccccc1C(=O)OCC(COC(=O)c1ccccc1C(=O)O)OC(=O)c1ccccc1C(=O)O. The summed E-state index contributed by atoms with van der Waals surface area (Å²) in [5, 5.41) is 27.9. The van der Waals surface area contributed by atoms with Crippen molar-refractivity contribution in [2.24, 2.45) is 0 Å². The minimum atomic E-state index is -1.48. The van der Waals surface area contributed by atoms with Gasteiger partial charge in [0, 0.05) is 0 Å². The van der Waals surface area contributed by atoms with Crippen LogP contribution in [0.15, 0.2) is 72.8 Å². The lowest BCUT2D eigenvalue weighted by Crippen LogP contribution is -2.32. The minimum Gasteiger partial charge on any atom is -0.478 e. The first-order valence-electron chi connectivity index (χ1n) is 11.1. The van der Waals surface area contributed by atoms with Gasteiger partial charge in [0.15, 0.2) is 6.10 Å². The van der Waals surface area contributed by atoms with E-state index in [0.29, 0.717) is 0 Å². The van der Waals surface area contributed by atoms with E-state index in [2.05, 4.69) is 0 Å². The lowest BCUT2D eigenvalue weighted by molar-refractivity contribution is -0.0255. The van der Waals surface area contributed by atoms with Gasteiger partial charge in [0.2, 0.25) is 0 Å². The summed E-state index contributed by atoms with van der Waals surface area (Å²) < 4.78 is 15.5. The van der Waals surface area contributed by atoms with Crippen molar-refractivity contribution in [1.82, 2.24) is 0 Å². The van der Waals surface area contributed by atoms with E-state index in [0.717, 1.165) is 0 Å². The van der Waals surface area contributed by atoms with Gasteiger partial charge in [-0.05, 0) is 36.4 Å². The van der Waals surface area contributed by atoms with Crippen molar-refractivity contribution in [2.75, 3.05) is 13.2 Å². The summed E-state index contributed by atoms with van der Waals surface area (Å²) in [5.74, 6) is -7.48. The largest absolute Gasteiger partial charge is 0.478 e. The highest BCUT2D eigenvalue weighted by Crippen LogP contribution is 2.15. The second-order valence-electron chi connectivity index (χ2n) is 7.78. The van der Waals surface area contributed by atoms with Crippen LogP contribution in [0.3, 0.4) is 0 Å². The molecule has 0 amide bonds. The van der Waals surface area contributed by atoms with Crippen LogP contribution in [0.2, 0.25) is 0 Å². The lowest BCUT2D eigenvalue weighted by atomic mass is 10.1. The molecule has 12 heteroatoms. The number of carbonyl (C=O) groups is 6. The molecule has 0 aliphatic rings. The number of carboxylic acid groups (broad SMARTS) is 3. The maximum atomic E-state index is 12.8. The highest BCUT2D eigenvalue weighted by atomic mass is 16.6. The Kier molecular flexibility index (Phi) is 9.09. The molecule has 3 rings (SSSR count). The van der Waals surface area contributed by atoms with Crippen molar-refractivity contribution in [3.05, 3.63) is 106 Å². The molecule has 39 heavy (non-hydrogen) atoms. The highest BCUT2D eigenvalue weighted by molar-refractivity contribution is 6.04. The highest BCUT2D eigenvalue weighted by Gasteiger charge is 2.26. The predicted molar refractivity (Wildman–Crippen MR) is 130 cm³/mol. The molecule has 0 aromatic heterocycles. The van der Waals surface area contributed by atoms with E-state index >= 15 is 0 Å². The Balaban J connectivity index is 1.81. The number of aromatic carboxylic acids is 3. The molecule has 0 spiro atoms. The first-order chi connectivity index (χ1) is 18.6. The van der Waals surface area contributed by atoms with Crippen molar-refractivity contribution in [1.29, 1.82) is 0 Å². The van der Waals surface area contributed by atoms with Crippen LogP contribution in [0, 0.1) is 0 Å². The van der Waals surface area contributed by atoms with Crippen molar-refractivity contribution in [3.8, 4) is 0 Å². The molecule has 0 radical (unpaired) electrons. The Hall–Kier alpha value is -5.52. The van der Waals surface area contributed by atoms with Crippen molar-refractivity contribution in [2.45, 2.75) is 6.10 Å². The molecular weight excluding hydrogens is 516 g/mol. The van der Waals surface area contributed by atoms with Gasteiger partial charge in [0.05, 0.1) is 33.4 Å². The third-order valence-electron chi connectivity index (χ3n) is 5.21. The van der Waals surface area contributed by atoms with Crippen LogP contribution in [-0.2, 0) is 14.2 Å². The number of hydrogen-bond acceptors (Lipinski definition) is 9. The maximum Gasteiger partial charge on any atom is 0.339 e. The number of benzene rings is 3. The van der Waals surface area contributed by atoms with Gasteiger partial charge in [-0.15, -0.1) is 0 Å². The summed E-state index contributed by atoms with van der Waals surface area (Å²) in [4.78, 5) is 72.2. The van der Waals surface area contributed by atoms with Gasteiger partial charge in [-0.2, -0.15) is 0 Å². The third-order valence-corrected chi connectivity index (χ3v) is 5.21. The summed E-state index contributed by atoms with van der Waals surface area (Å²) in [6.45, 7) is -1.44. The first kappa shape index (κ1) is 28.1. The van der Waals surface area contributed by atoms with Crippen molar-refractivity contribution >= 4 is 35.8 Å². The number of rotatable bonds is 11. The van der Waals surface area contributed by atoms with E-state index in [1.54, 1.807) is 0 Å². The fraction of sp³-hybridized carbons (Fsp3) is 0.111. The topological polar surface area (TPSA) is 191 Å². The molecule has 0 atom stereocenters. The summed E-state index contributed by atoms with van der Waals surface area (Å²) in [7, 11) is 0. The lowest BCUT2D eigenvalue weighted by Gasteiger charge is -2.19. The Morgan fingerprint density at radius 3 is 1.08 bits per heavy atom. The Morgan fingerprint density at radius 1 is 0.487 bits per heavy atom. The van der Waals surface area contributed by atoms with Crippen LogP contribution < -0.4 is 0 Å². The van der Waals surface area contributed by atoms with Gasteiger partial charge in [-0.25, -0.2) is 28.8 Å². The van der Waals surface area contributed by atoms with Crippen LogP contribution in [0.25, 0.3) is 0 Å². The maximum absolute atomic E-state index is 12.8. The second-order valence-corrected chi connectivity index (χ2v) is 7.78. The van der Waals surface area contributed by atoms with Gasteiger partial charge in [-0.1, -0.05) is 36.4 Å². The third kappa shape index (κ3) is 7.04. The van der Waals surface area contributed by atoms with Crippen LogP contribution in [-0.4, -0.2) is 70.5 Å². The summed E-state index contributed by atoms with van der Waals surface area (Å²) in [5.41, 5.74) is -1.98. The Bertz CT molecular complexity index is 1370. The molecule has 3 aromatic rings. The van der Waals surface area contributed by atoms with Gasteiger partial charge in [0.1, 0.15) is 13.2 Å². The predicted octanol–water partition coefficient (Wildman–Crippen LogP) is 3.02. The average molecular weight is 536 g/mol. The molecule has 3 aromatic carbocycles. The zero-order chi connectivity index (χ0) is 28.5. The number of esters is 3. The van der Waals surface area contributed by atoms with Gasteiger partial charge < -0.3 is 29.5 Å². The summed E-state index contributed by atoms with van der Waals surface area (Å²) in [6.07, 6.45) is -1.48. The van der Waals surface area contributed by atoms with E-state index in [-0.39, 0.29) is 33.4 Å². The Morgan fingerprint density at radius 2 is 0.769 bits per heavy atom. The zero-order valence-corrected chi connectivity index (χ0v) is 19.9. The molecule has 0 saturated carbocycles. The number of carboxylic acids is 3. The normalized spacial score (nSPS) is 10.4. The number of ether oxygens (including phenoxy) is 3. The van der Waals surface area contributed by atoms with Crippen LogP contribution in [0.5, 0.6) is 0 Å². The molecule has 0 aliphatic carbocycles. The standard InChI is InChI=1S/C27H20O12/c28-22(29)16-7-1-4-10-19(16)25(34)37-13-15(39-27(36)21-12-6-3-9-18(21)24(32)33)14-38-26(35)20-11-5-2-8-17(20)23(30)31/h1-12,15H,13-14H2,(H,28,29)(H,30,31)(H,32,33). The minimum absolute atomic E-state index is 0.293. The quantitative estimate of drug-likeness (QED) is 0.240. The van der Waals surface area contributed by atoms with Gasteiger partial charge in [-0.3, -0.25) is 0 Å². The monoisotopic (exact) mass is 536 g/mol. The summed E-state index contributed by atoms with van der Waals surface area (Å²) in [6, 6.07) is 15.5. The van der Waals surface area contributed by atoms with Gasteiger partial charge >= 0.3 is 35.8 Å². The molecule has 0 unspecified atom stereocenters. The van der Waals surface area contributed by atoms with Crippen LogP contribution in [0.4, 0.5) is 0 Å². The fourth-order valence-electron chi connectivity index (χ4n) is 3.37. The molecule has 0 bridgehead atoms. The van der Waals surface area contributed by atoms with E-state index in [1.165, 1.54) is 72.8 Å². The van der Waals surface area contributed by atoms with Crippen molar-refractivity contribution < 1.29 is 58.3 Å². The van der Waals surface area contributed by atoms with Gasteiger partial charge in [0.25, 0.3) is 0 Å².